The molecule has 1 aromatic rings. The SMILES string of the molecule is CCNC(=NCC(CC)N1CCCC1)NCC(c1ccco1)N1CCCC1. The van der Waals surface area contributed by atoms with Gasteiger partial charge >= 0.3 is 0 Å². The highest BCUT2D eigenvalue weighted by atomic mass is 16.3. The van der Waals surface area contributed by atoms with Gasteiger partial charge in [-0.3, -0.25) is 14.8 Å². The van der Waals surface area contributed by atoms with Gasteiger partial charge in [-0.05, 0) is 77.3 Å². The van der Waals surface area contributed by atoms with Crippen LogP contribution in [0.15, 0.2) is 27.8 Å². The van der Waals surface area contributed by atoms with Crippen molar-refractivity contribution in [2.24, 2.45) is 4.99 Å². The van der Waals surface area contributed by atoms with Crippen molar-refractivity contribution in [1.82, 2.24) is 20.4 Å². The van der Waals surface area contributed by atoms with Crippen molar-refractivity contribution in [1.29, 1.82) is 0 Å². The van der Waals surface area contributed by atoms with E-state index in [1.165, 1.54) is 38.8 Å². The lowest BCUT2D eigenvalue weighted by molar-refractivity contribution is 0.215. The molecule has 3 heterocycles. The number of aliphatic imine (C=N–C) groups is 1. The van der Waals surface area contributed by atoms with Gasteiger partial charge in [0.1, 0.15) is 5.76 Å². The Morgan fingerprint density at radius 2 is 1.78 bits per heavy atom. The molecule has 0 radical (unpaired) electrons. The van der Waals surface area contributed by atoms with Crippen LogP contribution in [0.4, 0.5) is 0 Å². The van der Waals surface area contributed by atoms with E-state index in [1.807, 2.05) is 6.07 Å². The maximum absolute atomic E-state index is 5.73. The molecule has 2 aliphatic heterocycles. The van der Waals surface area contributed by atoms with Crippen LogP contribution in [-0.4, -0.2) is 67.6 Å². The highest BCUT2D eigenvalue weighted by Gasteiger charge is 2.26. The monoisotopic (exact) mass is 375 g/mol. The van der Waals surface area contributed by atoms with Gasteiger partial charge in [-0.1, -0.05) is 6.92 Å². The Kier molecular flexibility index (Phi) is 8.02. The molecular weight excluding hydrogens is 338 g/mol. The first kappa shape index (κ1) is 20.2. The molecule has 27 heavy (non-hydrogen) atoms. The van der Waals surface area contributed by atoms with Crippen molar-refractivity contribution in [2.45, 2.75) is 58.0 Å². The van der Waals surface area contributed by atoms with Crippen molar-refractivity contribution in [3.63, 3.8) is 0 Å². The smallest absolute Gasteiger partial charge is 0.191 e. The Balaban J connectivity index is 1.59. The molecule has 0 bridgehead atoms. The Bertz CT molecular complexity index is 547. The first-order chi connectivity index (χ1) is 13.3. The summed E-state index contributed by atoms with van der Waals surface area (Å²) in [6.45, 7) is 11.7. The van der Waals surface area contributed by atoms with E-state index in [1.54, 1.807) is 6.26 Å². The third-order valence-electron chi connectivity index (χ3n) is 5.85. The summed E-state index contributed by atoms with van der Waals surface area (Å²) in [5, 5.41) is 6.99. The standard InChI is InChI=1S/C21H37N5O/c1-3-18(25-11-5-6-12-25)16-23-21(22-4-2)24-17-19(20-10-9-15-27-20)26-13-7-8-14-26/h9-10,15,18-19H,3-8,11-14,16-17H2,1-2H3,(H2,22,23,24). The molecular formula is C21H37N5O. The molecule has 2 atom stereocenters. The summed E-state index contributed by atoms with van der Waals surface area (Å²) in [6.07, 6.45) is 8.16. The van der Waals surface area contributed by atoms with E-state index >= 15 is 0 Å². The van der Waals surface area contributed by atoms with Crippen molar-refractivity contribution < 1.29 is 4.42 Å². The van der Waals surface area contributed by atoms with Crippen molar-refractivity contribution in [3.8, 4) is 0 Å². The van der Waals surface area contributed by atoms with Crippen LogP contribution in [-0.2, 0) is 0 Å². The number of rotatable bonds is 9. The molecule has 1 aromatic heterocycles. The molecule has 6 nitrogen and oxygen atoms in total. The minimum atomic E-state index is 0.270. The average Bonchev–Trinajstić information content (AvgIpc) is 3.45. The van der Waals surface area contributed by atoms with Crippen LogP contribution in [0.5, 0.6) is 0 Å². The Morgan fingerprint density at radius 1 is 1.07 bits per heavy atom. The van der Waals surface area contributed by atoms with E-state index in [0.29, 0.717) is 6.04 Å². The van der Waals surface area contributed by atoms with E-state index in [9.17, 15) is 0 Å². The highest BCUT2D eigenvalue weighted by molar-refractivity contribution is 5.79. The van der Waals surface area contributed by atoms with Crippen LogP contribution < -0.4 is 10.6 Å². The van der Waals surface area contributed by atoms with E-state index in [4.69, 9.17) is 9.41 Å². The van der Waals surface area contributed by atoms with Crippen LogP contribution in [0, 0.1) is 0 Å². The summed E-state index contributed by atoms with van der Waals surface area (Å²) >= 11 is 0. The molecule has 2 fully saturated rings. The fraction of sp³-hybridized carbons (Fsp3) is 0.762. The molecule has 0 saturated carbocycles. The maximum atomic E-state index is 5.73. The second-order valence-electron chi connectivity index (χ2n) is 7.68. The number of likely N-dealkylation sites (tertiary alicyclic amines) is 2. The Labute approximate surface area is 164 Å². The zero-order valence-corrected chi connectivity index (χ0v) is 17.1. The fourth-order valence-corrected chi connectivity index (χ4v) is 4.29. The Morgan fingerprint density at radius 3 is 2.37 bits per heavy atom. The molecule has 2 unspecified atom stereocenters. The van der Waals surface area contributed by atoms with E-state index in [2.05, 4.69) is 40.3 Å². The van der Waals surface area contributed by atoms with Gasteiger partial charge in [0.25, 0.3) is 0 Å². The molecule has 0 spiro atoms. The molecule has 2 N–H and O–H groups in total. The lowest BCUT2D eigenvalue weighted by atomic mass is 10.2. The first-order valence-electron chi connectivity index (χ1n) is 10.9. The predicted octanol–water partition coefficient (Wildman–Crippen LogP) is 2.85. The Hall–Kier alpha value is -1.53. The third kappa shape index (κ3) is 5.72. The van der Waals surface area contributed by atoms with Gasteiger partial charge in [-0.15, -0.1) is 0 Å². The van der Waals surface area contributed by atoms with Crippen molar-refractivity contribution in [3.05, 3.63) is 24.2 Å². The second kappa shape index (κ2) is 10.7. The fourth-order valence-electron chi connectivity index (χ4n) is 4.29. The molecule has 2 aliphatic rings. The lowest BCUT2D eigenvalue weighted by Crippen LogP contribution is -2.43. The molecule has 0 aliphatic carbocycles. The molecule has 6 heteroatoms. The van der Waals surface area contributed by atoms with Crippen LogP contribution >= 0.6 is 0 Å². The zero-order chi connectivity index (χ0) is 18.9. The summed E-state index contributed by atoms with van der Waals surface area (Å²) < 4.78 is 5.73. The van der Waals surface area contributed by atoms with E-state index in [0.717, 1.165) is 50.9 Å². The van der Waals surface area contributed by atoms with E-state index in [-0.39, 0.29) is 6.04 Å². The topological polar surface area (TPSA) is 56.0 Å². The maximum Gasteiger partial charge on any atom is 0.191 e. The van der Waals surface area contributed by atoms with Gasteiger partial charge in [0, 0.05) is 19.1 Å². The van der Waals surface area contributed by atoms with Crippen molar-refractivity contribution >= 4 is 5.96 Å². The van der Waals surface area contributed by atoms with Gasteiger partial charge in [0.05, 0.1) is 18.8 Å². The number of guanidine groups is 1. The zero-order valence-electron chi connectivity index (χ0n) is 17.1. The number of furan rings is 1. The summed E-state index contributed by atoms with van der Waals surface area (Å²) in [5.41, 5.74) is 0. The summed E-state index contributed by atoms with van der Waals surface area (Å²) in [7, 11) is 0. The number of hydrogen-bond acceptors (Lipinski definition) is 4. The van der Waals surface area contributed by atoms with Gasteiger partial charge in [0.2, 0.25) is 0 Å². The number of nitrogens with zero attached hydrogens (tertiary/aromatic N) is 3. The summed E-state index contributed by atoms with van der Waals surface area (Å²) in [4.78, 5) is 10.0. The molecule has 0 amide bonds. The van der Waals surface area contributed by atoms with Gasteiger partial charge in [-0.25, -0.2) is 0 Å². The van der Waals surface area contributed by atoms with E-state index < -0.39 is 0 Å². The second-order valence-corrected chi connectivity index (χ2v) is 7.68. The van der Waals surface area contributed by atoms with Crippen LogP contribution in [0.1, 0.15) is 57.8 Å². The van der Waals surface area contributed by atoms with Crippen LogP contribution in [0.2, 0.25) is 0 Å². The quantitative estimate of drug-likeness (QED) is 0.513. The molecule has 152 valence electrons. The van der Waals surface area contributed by atoms with Crippen LogP contribution in [0.25, 0.3) is 0 Å². The van der Waals surface area contributed by atoms with Crippen molar-refractivity contribution in [2.75, 3.05) is 45.8 Å². The number of hydrogen-bond donors (Lipinski definition) is 2. The van der Waals surface area contributed by atoms with Gasteiger partial charge < -0.3 is 15.1 Å². The summed E-state index contributed by atoms with van der Waals surface area (Å²) in [6, 6.07) is 4.91. The predicted molar refractivity (Wildman–Crippen MR) is 111 cm³/mol. The molecule has 0 aromatic carbocycles. The minimum absolute atomic E-state index is 0.270. The molecule has 2 saturated heterocycles. The third-order valence-corrected chi connectivity index (χ3v) is 5.85. The average molecular weight is 376 g/mol. The summed E-state index contributed by atoms with van der Waals surface area (Å²) in [5.74, 6) is 1.97. The lowest BCUT2D eigenvalue weighted by Gasteiger charge is -2.27. The largest absolute Gasteiger partial charge is 0.468 e. The number of nitrogens with one attached hydrogen (secondary N) is 2. The normalized spacial score (nSPS) is 21.5. The first-order valence-corrected chi connectivity index (χ1v) is 10.9. The van der Waals surface area contributed by atoms with Gasteiger partial charge in [-0.2, -0.15) is 0 Å². The van der Waals surface area contributed by atoms with Crippen LogP contribution in [0.3, 0.4) is 0 Å². The van der Waals surface area contributed by atoms with Gasteiger partial charge in [0.15, 0.2) is 5.96 Å². The molecule has 3 rings (SSSR count). The minimum Gasteiger partial charge on any atom is -0.468 e. The highest BCUT2D eigenvalue weighted by Crippen LogP contribution is 2.24.